The molecule has 4 rings (SSSR count). The molecule has 1 unspecified atom stereocenters. The molecule has 33 heavy (non-hydrogen) atoms. The van der Waals surface area contributed by atoms with Gasteiger partial charge in [0.2, 0.25) is 0 Å². The highest BCUT2D eigenvalue weighted by atomic mass is 79.9. The molecular formula is C24H18BrN5O3. The molecule has 1 heterocycles. The number of halogens is 1. The summed E-state index contributed by atoms with van der Waals surface area (Å²) in [6.45, 7) is 0. The van der Waals surface area contributed by atoms with Gasteiger partial charge < -0.3 is 5.32 Å². The number of hydrogen-bond acceptors (Lipinski definition) is 5. The Morgan fingerprint density at radius 3 is 2.45 bits per heavy atom. The second-order valence-corrected chi connectivity index (χ2v) is 7.96. The topological polar surface area (TPSA) is 116 Å². The fourth-order valence-electron chi connectivity index (χ4n) is 3.24. The van der Waals surface area contributed by atoms with Crippen LogP contribution in [0.5, 0.6) is 0 Å². The van der Waals surface area contributed by atoms with Crippen LogP contribution in [0.2, 0.25) is 0 Å². The van der Waals surface area contributed by atoms with Crippen molar-refractivity contribution in [3.63, 3.8) is 0 Å². The van der Waals surface area contributed by atoms with Crippen molar-refractivity contribution in [3.05, 3.63) is 111 Å². The fraction of sp³-hybridized carbons (Fsp3) is 0.0417. The Labute approximate surface area is 196 Å². The van der Waals surface area contributed by atoms with E-state index < -0.39 is 23.4 Å². The molecule has 0 bridgehead atoms. The second-order valence-electron chi connectivity index (χ2n) is 7.05. The minimum absolute atomic E-state index is 0.199. The summed E-state index contributed by atoms with van der Waals surface area (Å²) < 4.78 is 0.870. The van der Waals surface area contributed by atoms with Gasteiger partial charge in [-0.3, -0.25) is 14.4 Å². The van der Waals surface area contributed by atoms with E-state index in [1.54, 1.807) is 54.6 Å². The summed E-state index contributed by atoms with van der Waals surface area (Å²) in [6, 6.07) is 21.4. The van der Waals surface area contributed by atoms with Gasteiger partial charge in [-0.05, 0) is 35.9 Å². The van der Waals surface area contributed by atoms with Crippen molar-refractivity contribution < 1.29 is 9.59 Å². The number of rotatable bonds is 6. The van der Waals surface area contributed by atoms with E-state index in [0.29, 0.717) is 16.3 Å². The Bertz CT molecular complexity index is 1400. The molecule has 3 aromatic carbocycles. The van der Waals surface area contributed by atoms with Gasteiger partial charge in [0, 0.05) is 15.4 Å². The Balaban J connectivity index is 1.67. The molecule has 9 heteroatoms. The van der Waals surface area contributed by atoms with Gasteiger partial charge in [-0.15, -0.1) is 0 Å². The van der Waals surface area contributed by atoms with E-state index in [9.17, 15) is 14.4 Å². The number of aromatic nitrogens is 2. The molecule has 1 atom stereocenters. The average molecular weight is 504 g/mol. The van der Waals surface area contributed by atoms with Crippen molar-refractivity contribution in [1.29, 1.82) is 0 Å². The lowest BCUT2D eigenvalue weighted by Gasteiger charge is -2.18. The molecular weight excluding hydrogens is 486 g/mol. The number of amides is 2. The molecule has 164 valence electrons. The standard InChI is InChI=1S/C24H18BrN5O3/c25-17-10-6-7-15(13-17)14-26-29-24(33)21(27-22(31)16-8-2-1-3-9-16)20-18-11-4-5-12-19(18)23(32)30-28-20/h1-14,21H,(H,27,31)(H,29,33)(H,30,32)/b26-14-. The summed E-state index contributed by atoms with van der Waals surface area (Å²) in [5, 5.41) is 14.0. The van der Waals surface area contributed by atoms with Gasteiger partial charge in [0.25, 0.3) is 17.4 Å². The number of benzene rings is 3. The highest BCUT2D eigenvalue weighted by Gasteiger charge is 2.27. The highest BCUT2D eigenvalue weighted by molar-refractivity contribution is 9.10. The largest absolute Gasteiger partial charge is 0.335 e. The third-order valence-electron chi connectivity index (χ3n) is 4.81. The van der Waals surface area contributed by atoms with Crippen LogP contribution in [0.25, 0.3) is 10.8 Å². The van der Waals surface area contributed by atoms with Gasteiger partial charge in [-0.25, -0.2) is 10.5 Å². The number of carbonyl (C=O) groups excluding carboxylic acids is 2. The molecule has 2 amide bonds. The van der Waals surface area contributed by atoms with E-state index >= 15 is 0 Å². The van der Waals surface area contributed by atoms with Gasteiger partial charge in [0.15, 0.2) is 6.04 Å². The van der Waals surface area contributed by atoms with Crippen LogP contribution in [0.1, 0.15) is 27.7 Å². The number of aromatic amines is 1. The predicted octanol–water partition coefficient (Wildman–Crippen LogP) is 3.31. The van der Waals surface area contributed by atoms with Crippen LogP contribution in [0.15, 0.2) is 93.2 Å². The van der Waals surface area contributed by atoms with Crippen molar-refractivity contribution in [3.8, 4) is 0 Å². The molecule has 4 aromatic rings. The van der Waals surface area contributed by atoms with Gasteiger partial charge >= 0.3 is 0 Å². The van der Waals surface area contributed by atoms with Crippen LogP contribution in [0, 0.1) is 0 Å². The maximum atomic E-state index is 13.1. The fourth-order valence-corrected chi connectivity index (χ4v) is 3.66. The first-order valence-corrected chi connectivity index (χ1v) is 10.7. The SMILES string of the molecule is O=C(NC(C(=O)N/N=C\c1cccc(Br)c1)c1n[nH]c(=O)c2ccccc12)c1ccccc1. The number of hydrogen-bond donors (Lipinski definition) is 3. The minimum atomic E-state index is -1.21. The van der Waals surface area contributed by atoms with Crippen LogP contribution >= 0.6 is 15.9 Å². The van der Waals surface area contributed by atoms with Gasteiger partial charge in [-0.2, -0.15) is 10.2 Å². The third-order valence-corrected chi connectivity index (χ3v) is 5.30. The third kappa shape index (κ3) is 5.21. The summed E-state index contributed by atoms with van der Waals surface area (Å²) in [5.41, 5.74) is 3.40. The molecule has 8 nitrogen and oxygen atoms in total. The first-order chi connectivity index (χ1) is 16.0. The van der Waals surface area contributed by atoms with Crippen LogP contribution in [0.4, 0.5) is 0 Å². The summed E-state index contributed by atoms with van der Waals surface area (Å²) >= 11 is 3.38. The number of H-pyrrole nitrogens is 1. The van der Waals surface area contributed by atoms with E-state index in [-0.39, 0.29) is 5.69 Å². The monoisotopic (exact) mass is 503 g/mol. The zero-order chi connectivity index (χ0) is 23.2. The summed E-state index contributed by atoms with van der Waals surface area (Å²) in [5.74, 6) is -1.08. The molecule has 1 aromatic heterocycles. The lowest BCUT2D eigenvalue weighted by molar-refractivity contribution is -0.123. The maximum Gasteiger partial charge on any atom is 0.272 e. The summed E-state index contributed by atoms with van der Waals surface area (Å²) in [4.78, 5) is 38.1. The minimum Gasteiger partial charge on any atom is -0.335 e. The number of nitrogens with one attached hydrogen (secondary N) is 3. The lowest BCUT2D eigenvalue weighted by Crippen LogP contribution is -2.40. The summed E-state index contributed by atoms with van der Waals surface area (Å²) in [6.07, 6.45) is 1.48. The molecule has 0 saturated carbocycles. The first kappa shape index (κ1) is 22.1. The molecule has 0 aliphatic carbocycles. The van der Waals surface area contributed by atoms with E-state index in [0.717, 1.165) is 10.0 Å². The maximum absolute atomic E-state index is 13.1. The lowest BCUT2D eigenvalue weighted by atomic mass is 10.0. The quantitative estimate of drug-likeness (QED) is 0.276. The van der Waals surface area contributed by atoms with E-state index in [2.05, 4.69) is 42.0 Å². The summed E-state index contributed by atoms with van der Waals surface area (Å²) in [7, 11) is 0. The van der Waals surface area contributed by atoms with Crippen molar-refractivity contribution in [1.82, 2.24) is 20.9 Å². The molecule has 0 saturated heterocycles. The number of carbonyl (C=O) groups is 2. The molecule has 0 fully saturated rings. The molecule has 0 aliphatic heterocycles. The van der Waals surface area contributed by atoms with Gasteiger partial charge in [0.05, 0.1) is 11.6 Å². The first-order valence-electron chi connectivity index (χ1n) is 9.94. The average Bonchev–Trinajstić information content (AvgIpc) is 2.84. The number of fused-ring (bicyclic) bond motifs is 1. The van der Waals surface area contributed by atoms with Crippen molar-refractivity contribution in [2.45, 2.75) is 6.04 Å². The van der Waals surface area contributed by atoms with Gasteiger partial charge in [0.1, 0.15) is 5.69 Å². The van der Waals surface area contributed by atoms with E-state index in [1.165, 1.54) is 6.21 Å². The van der Waals surface area contributed by atoms with Crippen LogP contribution in [-0.2, 0) is 4.79 Å². The van der Waals surface area contributed by atoms with Crippen LogP contribution < -0.4 is 16.3 Å². The highest BCUT2D eigenvalue weighted by Crippen LogP contribution is 2.20. The predicted molar refractivity (Wildman–Crippen MR) is 129 cm³/mol. The van der Waals surface area contributed by atoms with Gasteiger partial charge in [-0.1, -0.05) is 64.5 Å². The molecule has 0 radical (unpaired) electrons. The Kier molecular flexibility index (Phi) is 6.70. The normalized spacial score (nSPS) is 11.9. The van der Waals surface area contributed by atoms with Crippen molar-refractivity contribution in [2.24, 2.45) is 5.10 Å². The zero-order valence-corrected chi connectivity index (χ0v) is 18.7. The Morgan fingerprint density at radius 1 is 0.970 bits per heavy atom. The molecule has 3 N–H and O–H groups in total. The van der Waals surface area contributed by atoms with Crippen LogP contribution in [0.3, 0.4) is 0 Å². The van der Waals surface area contributed by atoms with Crippen molar-refractivity contribution in [2.75, 3.05) is 0 Å². The van der Waals surface area contributed by atoms with Crippen LogP contribution in [-0.4, -0.2) is 28.2 Å². The second kappa shape index (κ2) is 10.0. The Hall–Kier alpha value is -4.11. The van der Waals surface area contributed by atoms with E-state index in [4.69, 9.17) is 0 Å². The number of nitrogens with zero attached hydrogens (tertiary/aromatic N) is 2. The zero-order valence-electron chi connectivity index (χ0n) is 17.2. The smallest absolute Gasteiger partial charge is 0.272 e. The Morgan fingerprint density at radius 2 is 1.70 bits per heavy atom. The van der Waals surface area contributed by atoms with E-state index in [1.807, 2.05) is 24.3 Å². The van der Waals surface area contributed by atoms with Crippen molar-refractivity contribution >= 4 is 44.7 Å². The number of hydrazone groups is 1. The molecule has 0 aliphatic rings. The molecule has 0 spiro atoms.